The van der Waals surface area contributed by atoms with Crippen molar-refractivity contribution in [3.63, 3.8) is 0 Å². The standard InChI is InChI=1S/C22H26O2/c23-19-8-1-9-11-6-22-7-20(24)3-12-10-5-21(2-8,15(9)16(12)22)18(14(11)19)17(22)13(10)4-20/h8-18,24H,1-7H2/t8-,9-,10-,11+,12+,13-,14+,15+,16-,17+,18-,20+,21+,22+/m0/s1. The lowest BCUT2D eigenvalue weighted by Gasteiger charge is -2.91. The van der Waals surface area contributed by atoms with Crippen LogP contribution in [0.5, 0.6) is 0 Å². The average molecular weight is 322 g/mol. The number of carbonyl (C=O) groups is 1. The third-order valence-electron chi connectivity index (χ3n) is 12.3. The molecule has 0 amide bonds. The molecule has 0 aliphatic heterocycles. The third-order valence-corrected chi connectivity index (χ3v) is 12.3. The van der Waals surface area contributed by atoms with E-state index < -0.39 is 0 Å². The van der Waals surface area contributed by atoms with Crippen LogP contribution >= 0.6 is 0 Å². The van der Waals surface area contributed by atoms with E-state index in [0.29, 0.717) is 22.7 Å². The summed E-state index contributed by atoms with van der Waals surface area (Å²) in [6.45, 7) is 0. The van der Waals surface area contributed by atoms with E-state index >= 15 is 0 Å². The van der Waals surface area contributed by atoms with Crippen LogP contribution < -0.4 is 0 Å². The van der Waals surface area contributed by atoms with Crippen molar-refractivity contribution in [3.8, 4) is 0 Å². The Morgan fingerprint density at radius 2 is 1.46 bits per heavy atom. The van der Waals surface area contributed by atoms with Crippen molar-refractivity contribution >= 4 is 5.78 Å². The fourth-order valence-electron chi connectivity index (χ4n) is 13.2. The third kappa shape index (κ3) is 0.810. The SMILES string of the molecule is O=C1[C@H]2C[C@H]3[C@H]4C[C@@]56C[C@@]7(O)C[C@@H]8[C@@H]9C[C@](C2)([C@H]3[C@H]85)[C@@H]([C@H]14)[C@H]6[C@H]9C7. The molecule has 0 aromatic carbocycles. The minimum absolute atomic E-state index is 0.309. The van der Waals surface area contributed by atoms with Crippen molar-refractivity contribution in [3.05, 3.63) is 0 Å². The minimum atomic E-state index is -0.309. The molecule has 2 nitrogen and oxygen atoms in total. The molecule has 0 radical (unpaired) electrons. The fourth-order valence-corrected chi connectivity index (χ4v) is 13.2. The van der Waals surface area contributed by atoms with Gasteiger partial charge in [-0.25, -0.2) is 0 Å². The van der Waals surface area contributed by atoms with Gasteiger partial charge in [-0.05, 0) is 109 Å². The zero-order valence-corrected chi connectivity index (χ0v) is 14.2. The van der Waals surface area contributed by atoms with Gasteiger partial charge in [0.25, 0.3) is 0 Å². The van der Waals surface area contributed by atoms with Gasteiger partial charge in [0.1, 0.15) is 5.78 Å². The number of Topliss-reactive ketones (excluding diaryl/α,β-unsaturated/α-hetero) is 1. The molecule has 0 heterocycles. The maximum Gasteiger partial charge on any atom is 0.139 e. The predicted molar refractivity (Wildman–Crippen MR) is 85.5 cm³/mol. The van der Waals surface area contributed by atoms with Gasteiger partial charge in [0.05, 0.1) is 5.60 Å². The largest absolute Gasteiger partial charge is 0.390 e. The second-order valence-electron chi connectivity index (χ2n) is 12.2. The van der Waals surface area contributed by atoms with Gasteiger partial charge in [0, 0.05) is 11.8 Å². The smallest absolute Gasteiger partial charge is 0.139 e. The van der Waals surface area contributed by atoms with E-state index in [0.717, 1.165) is 78.3 Å². The lowest BCUT2D eigenvalue weighted by molar-refractivity contribution is -0.433. The van der Waals surface area contributed by atoms with Gasteiger partial charge >= 0.3 is 0 Å². The van der Waals surface area contributed by atoms with E-state index in [-0.39, 0.29) is 5.60 Å². The summed E-state index contributed by atoms with van der Waals surface area (Å²) < 4.78 is 0. The zero-order chi connectivity index (χ0) is 15.4. The average Bonchev–Trinajstić information content (AvgIpc) is 2.53. The Hall–Kier alpha value is -0.370. The Kier molecular flexibility index (Phi) is 1.45. The minimum Gasteiger partial charge on any atom is -0.390 e. The van der Waals surface area contributed by atoms with Gasteiger partial charge in [0.15, 0.2) is 0 Å². The zero-order valence-electron chi connectivity index (χ0n) is 14.2. The van der Waals surface area contributed by atoms with Gasteiger partial charge in [-0.15, -0.1) is 0 Å². The van der Waals surface area contributed by atoms with Crippen LogP contribution in [-0.4, -0.2) is 16.5 Å². The molecule has 13 fully saturated rings. The Balaban J connectivity index is 1.41. The number of aliphatic hydroxyl groups is 1. The second kappa shape index (κ2) is 2.88. The maximum atomic E-state index is 13.2. The van der Waals surface area contributed by atoms with Crippen molar-refractivity contribution in [1.29, 1.82) is 0 Å². The van der Waals surface area contributed by atoms with Crippen LogP contribution in [0.2, 0.25) is 0 Å². The molecule has 13 aliphatic carbocycles. The van der Waals surface area contributed by atoms with Crippen molar-refractivity contribution < 1.29 is 9.90 Å². The lowest BCUT2D eigenvalue weighted by Crippen LogP contribution is -2.88. The normalized spacial score (nSPS) is 82.2. The van der Waals surface area contributed by atoms with Crippen molar-refractivity contribution in [2.45, 2.75) is 50.5 Å². The Morgan fingerprint density at radius 1 is 0.750 bits per heavy atom. The Bertz CT molecular complexity index is 774. The van der Waals surface area contributed by atoms with Crippen molar-refractivity contribution in [2.24, 2.45) is 75.9 Å². The summed E-state index contributed by atoms with van der Waals surface area (Å²) in [5, 5.41) is 11.4. The molecule has 2 spiro atoms. The molecule has 1 N–H and O–H groups in total. The number of hydrogen-bond donors (Lipinski definition) is 1. The van der Waals surface area contributed by atoms with E-state index in [1.807, 2.05) is 0 Å². The monoisotopic (exact) mass is 322 g/mol. The molecule has 13 rings (SSSR count). The van der Waals surface area contributed by atoms with Crippen LogP contribution in [0.1, 0.15) is 44.9 Å². The number of ketones is 1. The summed E-state index contributed by atoms with van der Waals surface area (Å²) in [4.78, 5) is 13.2. The highest BCUT2D eigenvalue weighted by atomic mass is 16.3. The predicted octanol–water partition coefficient (Wildman–Crippen LogP) is 2.89. The molecule has 24 heavy (non-hydrogen) atoms. The number of carbonyl (C=O) groups excluding carboxylic acids is 1. The van der Waals surface area contributed by atoms with Gasteiger partial charge < -0.3 is 5.11 Å². The first-order valence-corrected chi connectivity index (χ1v) is 10.8. The van der Waals surface area contributed by atoms with Crippen LogP contribution in [0.4, 0.5) is 0 Å². The Morgan fingerprint density at radius 3 is 2.29 bits per heavy atom. The molecule has 14 atom stereocenters. The summed E-state index contributed by atoms with van der Waals surface area (Å²) in [5.41, 5.74) is 0.779. The molecular weight excluding hydrogens is 296 g/mol. The van der Waals surface area contributed by atoms with Crippen LogP contribution in [0.15, 0.2) is 0 Å². The molecule has 0 saturated heterocycles. The summed E-state index contributed by atoms with van der Waals surface area (Å²) >= 11 is 0. The summed E-state index contributed by atoms with van der Waals surface area (Å²) in [5.74, 6) is 9.45. The molecular formula is C22H26O2. The highest BCUT2D eigenvalue weighted by Gasteiger charge is 2.89. The van der Waals surface area contributed by atoms with E-state index in [2.05, 4.69) is 0 Å². The molecule has 14 bridgehead atoms. The topological polar surface area (TPSA) is 37.3 Å². The Labute approximate surface area is 142 Å². The number of rotatable bonds is 0. The maximum absolute atomic E-state index is 13.2. The van der Waals surface area contributed by atoms with Gasteiger partial charge in [-0.2, -0.15) is 0 Å². The number of hydrogen-bond acceptors (Lipinski definition) is 2. The van der Waals surface area contributed by atoms with E-state index in [4.69, 9.17) is 0 Å². The summed E-state index contributed by atoms with van der Waals surface area (Å²) in [6.07, 6.45) is 8.76. The van der Waals surface area contributed by atoms with Crippen LogP contribution in [0.25, 0.3) is 0 Å². The first kappa shape index (κ1) is 12.1. The van der Waals surface area contributed by atoms with Gasteiger partial charge in [-0.3, -0.25) is 4.79 Å². The molecule has 0 aromatic rings. The molecule has 2 heteroatoms. The first-order chi connectivity index (χ1) is 11.6. The fraction of sp³-hybridized carbons (Fsp3) is 0.955. The van der Waals surface area contributed by atoms with E-state index in [1.54, 1.807) is 0 Å². The highest BCUT2D eigenvalue weighted by molar-refractivity contribution is 5.87. The van der Waals surface area contributed by atoms with Crippen molar-refractivity contribution in [2.75, 3.05) is 0 Å². The van der Waals surface area contributed by atoms with E-state index in [9.17, 15) is 9.90 Å². The molecule has 0 aromatic heterocycles. The molecule has 13 aliphatic rings. The van der Waals surface area contributed by atoms with Gasteiger partial charge in [-0.1, -0.05) is 0 Å². The van der Waals surface area contributed by atoms with Crippen LogP contribution in [-0.2, 0) is 4.79 Å². The molecule has 13 saturated carbocycles. The summed E-state index contributed by atoms with van der Waals surface area (Å²) in [7, 11) is 0. The van der Waals surface area contributed by atoms with Gasteiger partial charge in [0.2, 0.25) is 0 Å². The van der Waals surface area contributed by atoms with Crippen LogP contribution in [0.3, 0.4) is 0 Å². The molecule has 0 unspecified atom stereocenters. The molecule has 126 valence electrons. The second-order valence-corrected chi connectivity index (χ2v) is 12.2. The highest BCUT2D eigenvalue weighted by Crippen LogP contribution is 2.92. The first-order valence-electron chi connectivity index (χ1n) is 10.8. The lowest BCUT2D eigenvalue weighted by atomic mass is 9.13. The van der Waals surface area contributed by atoms with Crippen molar-refractivity contribution in [1.82, 2.24) is 0 Å². The van der Waals surface area contributed by atoms with E-state index in [1.165, 1.54) is 25.7 Å². The quantitative estimate of drug-likeness (QED) is 0.744. The van der Waals surface area contributed by atoms with Crippen LogP contribution in [0, 0.1) is 75.9 Å². The summed E-state index contributed by atoms with van der Waals surface area (Å²) in [6, 6.07) is 0.